The van der Waals surface area contributed by atoms with Crippen molar-refractivity contribution < 1.29 is 19.1 Å². The third kappa shape index (κ3) is 7.25. The number of hydrogen-bond acceptors (Lipinski definition) is 6. The van der Waals surface area contributed by atoms with E-state index in [0.717, 1.165) is 64.2 Å². The molecule has 0 saturated heterocycles. The molecule has 2 aliphatic rings. The van der Waals surface area contributed by atoms with Crippen molar-refractivity contribution in [1.29, 1.82) is 0 Å². The lowest BCUT2D eigenvalue weighted by atomic mass is 9.79. The maximum Gasteiger partial charge on any atom is 0.293 e. The molecule has 2 rings (SSSR count). The van der Waals surface area contributed by atoms with E-state index >= 15 is 0 Å². The van der Waals surface area contributed by atoms with Crippen LogP contribution in [0.25, 0.3) is 0 Å². The molecule has 0 aromatic carbocycles. The van der Waals surface area contributed by atoms with Crippen LogP contribution in [0.3, 0.4) is 0 Å². The molecule has 2 aliphatic carbocycles. The number of rotatable bonds is 15. The Morgan fingerprint density at radius 2 is 1.78 bits per heavy atom. The van der Waals surface area contributed by atoms with Crippen LogP contribution in [0.15, 0.2) is 0 Å². The molecule has 0 heterocycles. The average Bonchev–Trinajstić information content (AvgIpc) is 3.31. The zero-order valence-electron chi connectivity index (χ0n) is 20.1. The Morgan fingerprint density at radius 3 is 2.38 bits per heavy atom. The van der Waals surface area contributed by atoms with Gasteiger partial charge in [0.1, 0.15) is 5.54 Å². The second-order valence-corrected chi connectivity index (χ2v) is 9.40. The van der Waals surface area contributed by atoms with Crippen molar-refractivity contribution in [3.8, 4) is 0 Å². The van der Waals surface area contributed by atoms with Crippen molar-refractivity contribution in [2.75, 3.05) is 26.9 Å². The number of nitrogens with zero attached hydrogens (tertiary/aromatic N) is 1. The molecular formula is C24H44N4O4. The van der Waals surface area contributed by atoms with Crippen LogP contribution in [0.4, 0.5) is 0 Å². The Hall–Kier alpha value is -1.51. The van der Waals surface area contributed by atoms with Crippen LogP contribution in [0.1, 0.15) is 90.4 Å². The standard InChI is InChI=1S/C24H44N4O4/c1-3-4-13-20(27-19-11-6-7-12-19)21(29)22(30)28(18-26-16-10-17-32-2)24(23(25)31)14-8-5-9-15-24/h19-20,26-27H,3-18H2,1-2H3,(H2,25,31)/t20-/m0/s1. The van der Waals surface area contributed by atoms with Gasteiger partial charge in [0.25, 0.3) is 5.91 Å². The quantitative estimate of drug-likeness (QED) is 0.199. The maximum absolute atomic E-state index is 13.6. The van der Waals surface area contributed by atoms with Gasteiger partial charge < -0.3 is 20.7 Å². The summed E-state index contributed by atoms with van der Waals surface area (Å²) in [5, 5.41) is 6.70. The number of unbranched alkanes of at least 4 members (excludes halogenated alkanes) is 1. The average molecular weight is 453 g/mol. The molecule has 0 aliphatic heterocycles. The van der Waals surface area contributed by atoms with E-state index < -0.39 is 29.2 Å². The van der Waals surface area contributed by atoms with E-state index in [2.05, 4.69) is 17.6 Å². The molecule has 0 spiro atoms. The zero-order chi connectivity index (χ0) is 23.4. The number of ketones is 1. The molecule has 8 nitrogen and oxygen atoms in total. The zero-order valence-corrected chi connectivity index (χ0v) is 20.1. The van der Waals surface area contributed by atoms with E-state index in [1.165, 1.54) is 4.90 Å². The number of carbonyl (C=O) groups excluding carboxylic acids is 3. The maximum atomic E-state index is 13.6. The third-order valence-corrected chi connectivity index (χ3v) is 7.04. The normalized spacial score (nSPS) is 19.6. The summed E-state index contributed by atoms with van der Waals surface area (Å²) in [5.41, 5.74) is 4.78. The molecule has 0 bridgehead atoms. The monoisotopic (exact) mass is 452 g/mol. The van der Waals surface area contributed by atoms with Gasteiger partial charge in [0.15, 0.2) is 0 Å². The van der Waals surface area contributed by atoms with Crippen molar-refractivity contribution in [3.63, 3.8) is 0 Å². The van der Waals surface area contributed by atoms with Crippen LogP contribution in [-0.2, 0) is 19.1 Å². The second kappa shape index (κ2) is 13.9. The summed E-state index contributed by atoms with van der Waals surface area (Å²) in [7, 11) is 1.65. The van der Waals surface area contributed by atoms with Gasteiger partial charge in [0.2, 0.25) is 11.7 Å². The predicted molar refractivity (Wildman–Crippen MR) is 125 cm³/mol. The summed E-state index contributed by atoms with van der Waals surface area (Å²) in [6.45, 7) is 3.45. The van der Waals surface area contributed by atoms with Crippen molar-refractivity contribution >= 4 is 17.6 Å². The number of primary amides is 1. The fourth-order valence-electron chi connectivity index (χ4n) is 5.09. The fourth-order valence-corrected chi connectivity index (χ4v) is 5.09. The number of ether oxygens (including phenoxy) is 1. The van der Waals surface area contributed by atoms with Crippen molar-refractivity contribution in [3.05, 3.63) is 0 Å². The van der Waals surface area contributed by atoms with Gasteiger partial charge in [0, 0.05) is 19.8 Å². The Morgan fingerprint density at radius 1 is 1.09 bits per heavy atom. The summed E-state index contributed by atoms with van der Waals surface area (Å²) in [4.78, 5) is 41.2. The van der Waals surface area contributed by atoms with Crippen molar-refractivity contribution in [2.24, 2.45) is 5.73 Å². The van der Waals surface area contributed by atoms with Crippen LogP contribution in [0.5, 0.6) is 0 Å². The minimum Gasteiger partial charge on any atom is -0.385 e. The molecule has 0 radical (unpaired) electrons. The minimum atomic E-state index is -1.10. The Labute approximate surface area is 193 Å². The van der Waals surface area contributed by atoms with E-state index in [-0.39, 0.29) is 12.7 Å². The molecular weight excluding hydrogens is 408 g/mol. The van der Waals surface area contributed by atoms with Gasteiger partial charge in [-0.25, -0.2) is 0 Å². The summed E-state index contributed by atoms with van der Waals surface area (Å²) in [6.07, 6.45) is 11.3. The number of Topliss-reactive ketones (excluding diaryl/α,β-unsaturated/α-hetero) is 1. The smallest absolute Gasteiger partial charge is 0.293 e. The predicted octanol–water partition coefficient (Wildman–Crippen LogP) is 2.25. The van der Waals surface area contributed by atoms with Gasteiger partial charge in [-0.2, -0.15) is 0 Å². The van der Waals surface area contributed by atoms with E-state index in [1.54, 1.807) is 7.11 Å². The molecule has 32 heavy (non-hydrogen) atoms. The number of nitrogens with two attached hydrogens (primary N) is 1. The van der Waals surface area contributed by atoms with Crippen LogP contribution >= 0.6 is 0 Å². The first-order valence-corrected chi connectivity index (χ1v) is 12.6. The third-order valence-electron chi connectivity index (χ3n) is 7.04. The van der Waals surface area contributed by atoms with Crippen LogP contribution in [0, 0.1) is 0 Å². The molecule has 2 saturated carbocycles. The second-order valence-electron chi connectivity index (χ2n) is 9.40. The molecule has 0 aromatic rings. The van der Waals surface area contributed by atoms with Crippen LogP contribution in [0.2, 0.25) is 0 Å². The fraction of sp³-hybridized carbons (Fsp3) is 0.875. The molecule has 1 atom stereocenters. The molecule has 184 valence electrons. The Balaban J connectivity index is 2.20. The lowest BCUT2D eigenvalue weighted by Crippen LogP contribution is -2.65. The largest absolute Gasteiger partial charge is 0.385 e. The van der Waals surface area contributed by atoms with Gasteiger partial charge in [0.05, 0.1) is 12.7 Å². The number of hydrogen-bond donors (Lipinski definition) is 3. The van der Waals surface area contributed by atoms with Gasteiger partial charge in [-0.3, -0.25) is 19.7 Å². The summed E-state index contributed by atoms with van der Waals surface area (Å²) >= 11 is 0. The lowest BCUT2D eigenvalue weighted by molar-refractivity contribution is -0.156. The highest BCUT2D eigenvalue weighted by Gasteiger charge is 2.47. The topological polar surface area (TPSA) is 114 Å². The molecule has 8 heteroatoms. The number of methoxy groups -OCH3 is 1. The molecule has 2 fully saturated rings. The van der Waals surface area contributed by atoms with E-state index in [0.29, 0.717) is 32.4 Å². The van der Waals surface area contributed by atoms with E-state index in [9.17, 15) is 14.4 Å². The molecule has 2 amide bonds. The Bertz CT molecular complexity index is 601. The van der Waals surface area contributed by atoms with Crippen LogP contribution < -0.4 is 16.4 Å². The highest BCUT2D eigenvalue weighted by molar-refractivity contribution is 6.38. The molecule has 4 N–H and O–H groups in total. The lowest BCUT2D eigenvalue weighted by Gasteiger charge is -2.44. The summed E-state index contributed by atoms with van der Waals surface area (Å²) < 4.78 is 5.08. The highest BCUT2D eigenvalue weighted by Crippen LogP contribution is 2.34. The summed E-state index contributed by atoms with van der Waals surface area (Å²) in [5.74, 6) is -1.53. The number of amides is 2. The first-order valence-electron chi connectivity index (χ1n) is 12.6. The first-order chi connectivity index (χ1) is 15.5. The number of nitrogens with one attached hydrogen (secondary N) is 2. The SMILES string of the molecule is CCCC[C@H](NC1CCCC1)C(=O)C(=O)N(CNCCCOC)C1(C(N)=O)CCCCC1. The van der Waals surface area contributed by atoms with Gasteiger partial charge in [-0.15, -0.1) is 0 Å². The van der Waals surface area contributed by atoms with Crippen molar-refractivity contribution in [2.45, 2.75) is 108 Å². The van der Waals surface area contributed by atoms with Gasteiger partial charge in [-0.1, -0.05) is 51.9 Å². The number of carbonyl (C=O) groups is 3. The molecule has 0 unspecified atom stereocenters. The van der Waals surface area contributed by atoms with Crippen molar-refractivity contribution in [1.82, 2.24) is 15.5 Å². The van der Waals surface area contributed by atoms with Crippen LogP contribution in [-0.4, -0.2) is 67.1 Å². The van der Waals surface area contributed by atoms with Gasteiger partial charge >= 0.3 is 0 Å². The minimum absolute atomic E-state index is 0.140. The Kier molecular flexibility index (Phi) is 11.6. The molecule has 0 aromatic heterocycles. The first kappa shape index (κ1) is 26.7. The van der Waals surface area contributed by atoms with E-state index in [4.69, 9.17) is 10.5 Å². The van der Waals surface area contributed by atoms with Gasteiger partial charge in [-0.05, 0) is 45.1 Å². The summed E-state index contributed by atoms with van der Waals surface area (Å²) in [6, 6.07) is -0.218. The highest BCUT2D eigenvalue weighted by atomic mass is 16.5. The van der Waals surface area contributed by atoms with E-state index in [1.807, 2.05) is 0 Å².